The molecule has 2 heterocycles. The molecule has 1 fully saturated rings. The van der Waals surface area contributed by atoms with Gasteiger partial charge in [0.1, 0.15) is 0 Å². The van der Waals surface area contributed by atoms with Crippen LogP contribution in [0.2, 0.25) is 0 Å². The predicted molar refractivity (Wildman–Crippen MR) is 117 cm³/mol. The second-order valence-corrected chi connectivity index (χ2v) is 7.38. The summed E-state index contributed by atoms with van der Waals surface area (Å²) in [6.07, 6.45) is 0. The summed E-state index contributed by atoms with van der Waals surface area (Å²) in [7, 11) is 3.11. The van der Waals surface area contributed by atoms with Gasteiger partial charge in [-0.25, -0.2) is 0 Å². The number of morpholine rings is 1. The van der Waals surface area contributed by atoms with Crippen LogP contribution in [0.4, 0.5) is 0 Å². The van der Waals surface area contributed by atoms with E-state index in [1.807, 2.05) is 12.1 Å². The van der Waals surface area contributed by atoms with Crippen molar-refractivity contribution in [2.24, 2.45) is 0 Å². The molecule has 0 radical (unpaired) electrons. The van der Waals surface area contributed by atoms with Crippen LogP contribution in [0.3, 0.4) is 0 Å². The van der Waals surface area contributed by atoms with Gasteiger partial charge in [0.05, 0.1) is 27.4 Å². The van der Waals surface area contributed by atoms with E-state index in [1.165, 1.54) is 5.56 Å². The molecule has 0 aliphatic carbocycles. The molecule has 0 bridgehead atoms. The summed E-state index contributed by atoms with van der Waals surface area (Å²) in [6.45, 7) is 4.74. The number of amides is 1. The van der Waals surface area contributed by atoms with Gasteiger partial charge < -0.3 is 24.1 Å². The number of nitrogens with one attached hydrogen (secondary N) is 1. The molecule has 4 rings (SSSR count). The largest absolute Gasteiger partial charge is 0.493 e. The highest BCUT2D eigenvalue weighted by Crippen LogP contribution is 2.31. The number of hydrogen-bond acceptors (Lipinski definition) is 8. The van der Waals surface area contributed by atoms with Gasteiger partial charge in [0.25, 0.3) is 0 Å². The summed E-state index contributed by atoms with van der Waals surface area (Å²) < 4.78 is 21.0. The van der Waals surface area contributed by atoms with Crippen molar-refractivity contribution in [1.82, 2.24) is 20.4 Å². The molecule has 0 unspecified atom stereocenters. The Balaban J connectivity index is 1.33. The van der Waals surface area contributed by atoms with Gasteiger partial charge in [0.2, 0.25) is 5.82 Å². The Bertz CT molecular complexity index is 1040. The predicted octanol–water partition coefficient (Wildman–Crippen LogP) is 2.52. The monoisotopic (exact) mass is 438 g/mol. The highest BCUT2D eigenvalue weighted by molar-refractivity contribution is 5.89. The summed E-state index contributed by atoms with van der Waals surface area (Å²) in [5.74, 6) is 0.899. The average molecular weight is 438 g/mol. The first kappa shape index (κ1) is 21.8. The van der Waals surface area contributed by atoms with Crippen molar-refractivity contribution in [3.05, 3.63) is 59.5 Å². The molecular formula is C23H26N4O5. The van der Waals surface area contributed by atoms with E-state index in [0.29, 0.717) is 29.4 Å². The molecule has 0 atom stereocenters. The Labute approximate surface area is 186 Å². The molecule has 0 saturated carbocycles. The highest BCUT2D eigenvalue weighted by Gasteiger charge is 2.17. The maximum atomic E-state index is 12.4. The van der Waals surface area contributed by atoms with Crippen LogP contribution in [0.5, 0.6) is 11.5 Å². The second-order valence-electron chi connectivity index (χ2n) is 7.38. The van der Waals surface area contributed by atoms with Crippen molar-refractivity contribution in [2.45, 2.75) is 13.1 Å². The van der Waals surface area contributed by atoms with E-state index in [-0.39, 0.29) is 5.89 Å². The number of carbonyl (C=O) groups is 1. The van der Waals surface area contributed by atoms with Crippen LogP contribution < -0.4 is 14.8 Å². The molecule has 9 nitrogen and oxygen atoms in total. The molecular weight excluding hydrogens is 412 g/mol. The molecule has 0 spiro atoms. The van der Waals surface area contributed by atoms with Gasteiger partial charge in [-0.3, -0.25) is 9.69 Å². The minimum absolute atomic E-state index is 0.0984. The Hall–Kier alpha value is -3.43. The summed E-state index contributed by atoms with van der Waals surface area (Å²) in [5.41, 5.74) is 2.88. The van der Waals surface area contributed by atoms with E-state index >= 15 is 0 Å². The quantitative estimate of drug-likeness (QED) is 0.573. The van der Waals surface area contributed by atoms with E-state index in [2.05, 4.69) is 32.5 Å². The summed E-state index contributed by atoms with van der Waals surface area (Å²) >= 11 is 0. The molecule has 168 valence electrons. The molecule has 1 amide bonds. The molecule has 1 saturated heterocycles. The topological polar surface area (TPSA) is 99.0 Å². The van der Waals surface area contributed by atoms with Crippen LogP contribution in [0.1, 0.15) is 21.8 Å². The first-order chi connectivity index (χ1) is 15.7. The lowest BCUT2D eigenvalue weighted by atomic mass is 10.1. The molecule has 3 aromatic rings. The van der Waals surface area contributed by atoms with Crippen LogP contribution in [-0.2, 0) is 17.8 Å². The van der Waals surface area contributed by atoms with Crippen molar-refractivity contribution in [2.75, 3.05) is 40.5 Å². The van der Waals surface area contributed by atoms with E-state index in [1.54, 1.807) is 32.4 Å². The number of methoxy groups -OCH3 is 2. The smallest absolute Gasteiger partial charge is 0.316 e. The molecule has 9 heteroatoms. The molecule has 32 heavy (non-hydrogen) atoms. The normalized spacial score (nSPS) is 14.2. The van der Waals surface area contributed by atoms with Crippen LogP contribution in [0.25, 0.3) is 11.4 Å². The van der Waals surface area contributed by atoms with Crippen molar-refractivity contribution in [3.8, 4) is 22.9 Å². The lowest BCUT2D eigenvalue weighted by molar-refractivity contribution is 0.0342. The van der Waals surface area contributed by atoms with Gasteiger partial charge >= 0.3 is 11.8 Å². The van der Waals surface area contributed by atoms with Gasteiger partial charge in [-0.1, -0.05) is 29.4 Å². The fraction of sp³-hybridized carbons (Fsp3) is 0.348. The Morgan fingerprint density at radius 3 is 2.47 bits per heavy atom. The first-order valence-corrected chi connectivity index (χ1v) is 10.4. The lowest BCUT2D eigenvalue weighted by Gasteiger charge is -2.26. The fourth-order valence-corrected chi connectivity index (χ4v) is 3.45. The third-order valence-corrected chi connectivity index (χ3v) is 5.25. The van der Waals surface area contributed by atoms with Crippen LogP contribution in [-0.4, -0.2) is 61.5 Å². The molecule has 1 aromatic heterocycles. The number of ether oxygens (including phenoxy) is 3. The van der Waals surface area contributed by atoms with Crippen LogP contribution >= 0.6 is 0 Å². The zero-order valence-electron chi connectivity index (χ0n) is 18.2. The Morgan fingerprint density at radius 2 is 1.75 bits per heavy atom. The number of benzene rings is 2. The number of hydrogen-bond donors (Lipinski definition) is 1. The van der Waals surface area contributed by atoms with Gasteiger partial charge in [0, 0.05) is 31.7 Å². The van der Waals surface area contributed by atoms with Crippen molar-refractivity contribution >= 4 is 5.91 Å². The van der Waals surface area contributed by atoms with Gasteiger partial charge in [-0.2, -0.15) is 4.98 Å². The van der Waals surface area contributed by atoms with E-state index in [0.717, 1.165) is 38.4 Å². The van der Waals surface area contributed by atoms with Gasteiger partial charge in [-0.15, -0.1) is 0 Å². The zero-order valence-corrected chi connectivity index (χ0v) is 18.2. The molecule has 1 N–H and O–H groups in total. The summed E-state index contributed by atoms with van der Waals surface area (Å²) in [5, 5.41) is 6.72. The SMILES string of the molecule is COc1ccc(-c2noc(C(=O)NCc3ccc(CN4CCOCC4)cc3)n2)cc1OC. The zero-order chi connectivity index (χ0) is 22.3. The average Bonchev–Trinajstić information content (AvgIpc) is 3.34. The first-order valence-electron chi connectivity index (χ1n) is 10.4. The van der Waals surface area contributed by atoms with Crippen molar-refractivity contribution in [1.29, 1.82) is 0 Å². The number of rotatable bonds is 8. The molecule has 1 aliphatic heterocycles. The van der Waals surface area contributed by atoms with E-state index in [4.69, 9.17) is 18.7 Å². The van der Waals surface area contributed by atoms with Gasteiger partial charge in [0.15, 0.2) is 11.5 Å². The van der Waals surface area contributed by atoms with Crippen molar-refractivity contribution in [3.63, 3.8) is 0 Å². The second kappa shape index (κ2) is 10.3. The lowest BCUT2D eigenvalue weighted by Crippen LogP contribution is -2.35. The maximum Gasteiger partial charge on any atom is 0.316 e. The van der Waals surface area contributed by atoms with E-state index in [9.17, 15) is 4.79 Å². The minimum Gasteiger partial charge on any atom is -0.493 e. The number of carbonyl (C=O) groups excluding carboxylic acids is 1. The molecule has 1 aliphatic rings. The van der Waals surface area contributed by atoms with Crippen LogP contribution in [0, 0.1) is 0 Å². The standard InChI is InChI=1S/C23H26N4O5/c1-29-19-8-7-18(13-20(19)30-2)21-25-23(32-26-21)22(28)24-14-16-3-5-17(6-4-16)15-27-9-11-31-12-10-27/h3-8,13H,9-12,14-15H2,1-2H3,(H,24,28). The van der Waals surface area contributed by atoms with Gasteiger partial charge in [-0.05, 0) is 29.3 Å². The Morgan fingerprint density at radius 1 is 1.03 bits per heavy atom. The third-order valence-electron chi connectivity index (χ3n) is 5.25. The number of nitrogens with zero attached hydrogens (tertiary/aromatic N) is 3. The fourth-order valence-electron chi connectivity index (χ4n) is 3.45. The van der Waals surface area contributed by atoms with Crippen molar-refractivity contribution < 1.29 is 23.5 Å². The summed E-state index contributed by atoms with van der Waals surface area (Å²) in [6, 6.07) is 13.4. The molecule has 2 aromatic carbocycles. The third kappa shape index (κ3) is 5.24. The minimum atomic E-state index is -0.429. The highest BCUT2D eigenvalue weighted by atomic mass is 16.5. The number of aromatic nitrogens is 2. The summed E-state index contributed by atoms with van der Waals surface area (Å²) in [4.78, 5) is 19.0. The van der Waals surface area contributed by atoms with E-state index < -0.39 is 5.91 Å². The van der Waals surface area contributed by atoms with Crippen LogP contribution in [0.15, 0.2) is 47.0 Å². The Kier molecular flexibility index (Phi) is 6.98. The maximum absolute atomic E-state index is 12.4.